The second-order valence-corrected chi connectivity index (χ2v) is 5.02. The maximum atomic E-state index is 12.2. The molecular weight excluding hydrogens is 264 g/mol. The number of nitrogens with zero attached hydrogens (tertiary/aromatic N) is 2. The molecule has 1 amide bonds. The lowest BCUT2D eigenvalue weighted by Crippen LogP contribution is -2.16. The molecule has 3 aromatic rings. The van der Waals surface area contributed by atoms with Gasteiger partial charge in [0, 0.05) is 28.5 Å². The molecule has 2 aromatic heterocycles. The Morgan fingerprint density at radius 1 is 1.24 bits per heavy atom. The van der Waals surface area contributed by atoms with E-state index >= 15 is 0 Å². The summed E-state index contributed by atoms with van der Waals surface area (Å²) < 4.78 is 0. The summed E-state index contributed by atoms with van der Waals surface area (Å²) in [6.07, 6.45) is 1.93. The summed E-state index contributed by atoms with van der Waals surface area (Å²) in [7, 11) is 0. The Kier molecular flexibility index (Phi) is 3.39. The number of para-hydroxylation sites is 1. The molecule has 0 aliphatic rings. The smallest absolute Gasteiger partial charge is 0.231 e. The molecule has 0 aliphatic carbocycles. The third-order valence-electron chi connectivity index (χ3n) is 3.41. The maximum Gasteiger partial charge on any atom is 0.231 e. The van der Waals surface area contributed by atoms with Gasteiger partial charge in [0.1, 0.15) is 0 Å². The van der Waals surface area contributed by atoms with E-state index in [2.05, 4.69) is 20.3 Å². The number of hydrogen-bond acceptors (Lipinski definition) is 3. The average molecular weight is 280 g/mol. The number of benzene rings is 1. The number of rotatable bonds is 3. The van der Waals surface area contributed by atoms with Gasteiger partial charge < -0.3 is 4.98 Å². The highest BCUT2D eigenvalue weighted by Crippen LogP contribution is 2.22. The van der Waals surface area contributed by atoms with Crippen molar-refractivity contribution in [3.63, 3.8) is 0 Å². The predicted molar refractivity (Wildman–Crippen MR) is 82.1 cm³/mol. The van der Waals surface area contributed by atoms with Crippen molar-refractivity contribution < 1.29 is 4.79 Å². The van der Waals surface area contributed by atoms with Gasteiger partial charge in [-0.3, -0.25) is 10.1 Å². The molecule has 0 atom stereocenters. The van der Waals surface area contributed by atoms with Crippen molar-refractivity contribution in [2.75, 3.05) is 5.32 Å². The number of H-pyrrole nitrogens is 1. The molecule has 0 unspecified atom stereocenters. The lowest BCUT2D eigenvalue weighted by Gasteiger charge is -2.04. The van der Waals surface area contributed by atoms with Crippen LogP contribution in [0.1, 0.15) is 17.0 Å². The van der Waals surface area contributed by atoms with Gasteiger partial charge in [0.25, 0.3) is 0 Å². The van der Waals surface area contributed by atoms with Crippen LogP contribution < -0.4 is 5.32 Å². The number of fused-ring (bicyclic) bond motifs is 1. The fourth-order valence-corrected chi connectivity index (χ4v) is 2.40. The Morgan fingerprint density at radius 3 is 2.86 bits per heavy atom. The van der Waals surface area contributed by atoms with Crippen LogP contribution in [0.15, 0.2) is 36.5 Å². The predicted octanol–water partition coefficient (Wildman–Crippen LogP) is 2.76. The first kappa shape index (κ1) is 13.3. The van der Waals surface area contributed by atoms with E-state index in [1.54, 1.807) is 12.3 Å². The number of nitrogens with one attached hydrogen (secondary N) is 2. The SMILES string of the molecule is Cc1ccnc(NC(=O)Cc2c(C)[nH]c3ccccc23)n1. The Labute approximate surface area is 122 Å². The van der Waals surface area contributed by atoms with E-state index in [9.17, 15) is 4.79 Å². The van der Waals surface area contributed by atoms with E-state index in [-0.39, 0.29) is 5.91 Å². The van der Waals surface area contributed by atoms with E-state index in [1.807, 2.05) is 38.1 Å². The molecule has 3 rings (SSSR count). The number of anilines is 1. The van der Waals surface area contributed by atoms with Gasteiger partial charge in [0.2, 0.25) is 11.9 Å². The maximum absolute atomic E-state index is 12.2. The second kappa shape index (κ2) is 5.36. The molecule has 1 aromatic carbocycles. The molecular formula is C16H16N4O. The number of aryl methyl sites for hydroxylation is 2. The van der Waals surface area contributed by atoms with Gasteiger partial charge >= 0.3 is 0 Å². The van der Waals surface area contributed by atoms with Gasteiger partial charge in [-0.2, -0.15) is 0 Å². The third-order valence-corrected chi connectivity index (χ3v) is 3.41. The van der Waals surface area contributed by atoms with Crippen molar-refractivity contribution in [3.05, 3.63) is 53.5 Å². The fourth-order valence-electron chi connectivity index (χ4n) is 2.40. The molecule has 2 heterocycles. The highest BCUT2D eigenvalue weighted by atomic mass is 16.1. The topological polar surface area (TPSA) is 70.7 Å². The van der Waals surface area contributed by atoms with E-state index in [0.29, 0.717) is 12.4 Å². The highest BCUT2D eigenvalue weighted by molar-refractivity contribution is 5.95. The van der Waals surface area contributed by atoms with Crippen LogP contribution in [0.3, 0.4) is 0 Å². The summed E-state index contributed by atoms with van der Waals surface area (Å²) in [5, 5.41) is 3.82. The molecule has 21 heavy (non-hydrogen) atoms. The number of amides is 1. The number of aromatic amines is 1. The molecule has 0 saturated carbocycles. The van der Waals surface area contributed by atoms with Gasteiger partial charge in [-0.1, -0.05) is 18.2 Å². The van der Waals surface area contributed by atoms with E-state index < -0.39 is 0 Å². The monoisotopic (exact) mass is 280 g/mol. The molecule has 0 aliphatic heterocycles. The number of carbonyl (C=O) groups excluding carboxylic acids is 1. The van der Waals surface area contributed by atoms with Crippen molar-refractivity contribution in [3.8, 4) is 0 Å². The van der Waals surface area contributed by atoms with Crippen LogP contribution in [0.2, 0.25) is 0 Å². The minimum absolute atomic E-state index is 0.117. The highest BCUT2D eigenvalue weighted by Gasteiger charge is 2.13. The zero-order chi connectivity index (χ0) is 14.8. The Bertz CT molecular complexity index is 807. The van der Waals surface area contributed by atoms with Gasteiger partial charge in [0.05, 0.1) is 6.42 Å². The first-order chi connectivity index (χ1) is 10.1. The molecule has 5 nitrogen and oxygen atoms in total. The van der Waals surface area contributed by atoms with Crippen molar-refractivity contribution >= 4 is 22.8 Å². The van der Waals surface area contributed by atoms with Crippen LogP contribution in [0.25, 0.3) is 10.9 Å². The zero-order valence-electron chi connectivity index (χ0n) is 12.0. The summed E-state index contributed by atoms with van der Waals surface area (Å²) >= 11 is 0. The van der Waals surface area contributed by atoms with E-state index in [1.165, 1.54) is 0 Å². The quantitative estimate of drug-likeness (QED) is 0.775. The van der Waals surface area contributed by atoms with Gasteiger partial charge in [-0.25, -0.2) is 9.97 Å². The number of hydrogen-bond donors (Lipinski definition) is 2. The molecule has 2 N–H and O–H groups in total. The minimum atomic E-state index is -0.117. The van der Waals surface area contributed by atoms with Crippen LogP contribution in [-0.4, -0.2) is 20.9 Å². The van der Waals surface area contributed by atoms with Crippen molar-refractivity contribution in [2.45, 2.75) is 20.3 Å². The first-order valence-electron chi connectivity index (χ1n) is 6.79. The first-order valence-corrected chi connectivity index (χ1v) is 6.79. The molecule has 0 saturated heterocycles. The number of aromatic nitrogens is 3. The summed E-state index contributed by atoms with van der Waals surface area (Å²) in [5.74, 6) is 0.228. The molecule has 5 heteroatoms. The molecule has 0 radical (unpaired) electrons. The standard InChI is InChI=1S/C16H16N4O/c1-10-7-8-17-16(18-10)20-15(21)9-13-11(2)19-14-6-4-3-5-12(13)14/h3-8,19H,9H2,1-2H3,(H,17,18,20,21). The van der Waals surface area contributed by atoms with Crippen LogP contribution >= 0.6 is 0 Å². The number of carbonyl (C=O) groups is 1. The van der Waals surface area contributed by atoms with Crippen LogP contribution in [0.5, 0.6) is 0 Å². The normalized spacial score (nSPS) is 10.8. The largest absolute Gasteiger partial charge is 0.358 e. The summed E-state index contributed by atoms with van der Waals surface area (Å²) in [5.41, 5.74) is 3.89. The van der Waals surface area contributed by atoms with Crippen LogP contribution in [0.4, 0.5) is 5.95 Å². The molecule has 106 valence electrons. The second-order valence-electron chi connectivity index (χ2n) is 5.02. The van der Waals surface area contributed by atoms with Gasteiger partial charge in [0.15, 0.2) is 0 Å². The van der Waals surface area contributed by atoms with Crippen LogP contribution in [0, 0.1) is 13.8 Å². The minimum Gasteiger partial charge on any atom is -0.358 e. The van der Waals surface area contributed by atoms with E-state index in [0.717, 1.165) is 27.9 Å². The van der Waals surface area contributed by atoms with Gasteiger partial charge in [-0.15, -0.1) is 0 Å². The van der Waals surface area contributed by atoms with Crippen molar-refractivity contribution in [1.29, 1.82) is 0 Å². The Balaban J connectivity index is 1.82. The zero-order valence-corrected chi connectivity index (χ0v) is 12.0. The molecule has 0 bridgehead atoms. The third kappa shape index (κ3) is 2.76. The van der Waals surface area contributed by atoms with Crippen molar-refractivity contribution in [1.82, 2.24) is 15.0 Å². The van der Waals surface area contributed by atoms with E-state index in [4.69, 9.17) is 0 Å². The average Bonchev–Trinajstić information content (AvgIpc) is 2.75. The molecule has 0 spiro atoms. The summed E-state index contributed by atoms with van der Waals surface area (Å²) in [4.78, 5) is 23.7. The Hall–Kier alpha value is -2.69. The fraction of sp³-hybridized carbons (Fsp3) is 0.188. The summed E-state index contributed by atoms with van der Waals surface area (Å²) in [6.45, 7) is 3.84. The summed E-state index contributed by atoms with van der Waals surface area (Å²) in [6, 6.07) is 9.76. The van der Waals surface area contributed by atoms with Crippen molar-refractivity contribution in [2.24, 2.45) is 0 Å². The molecule has 0 fully saturated rings. The lowest BCUT2D eigenvalue weighted by atomic mass is 10.1. The van der Waals surface area contributed by atoms with Gasteiger partial charge in [-0.05, 0) is 31.5 Å². The van der Waals surface area contributed by atoms with Crippen LogP contribution in [-0.2, 0) is 11.2 Å². The Morgan fingerprint density at radius 2 is 2.05 bits per heavy atom. The lowest BCUT2D eigenvalue weighted by molar-refractivity contribution is -0.115.